The van der Waals surface area contributed by atoms with Gasteiger partial charge >= 0.3 is 23.9 Å². The van der Waals surface area contributed by atoms with Gasteiger partial charge in [0.15, 0.2) is 0 Å². The lowest BCUT2D eigenvalue weighted by Crippen LogP contribution is -2.11. The molecule has 0 fully saturated rings. The first-order valence-electron chi connectivity index (χ1n) is 18.7. The second-order valence-corrected chi connectivity index (χ2v) is 13.8. The first-order chi connectivity index (χ1) is 25.8. The van der Waals surface area contributed by atoms with Crippen molar-refractivity contribution in [3.05, 3.63) is 109 Å². The third-order valence-corrected chi connectivity index (χ3v) is 9.51. The van der Waals surface area contributed by atoms with Crippen LogP contribution in [-0.2, 0) is 18.9 Å². The number of carbonyl (C=O) groups is 4. The molecule has 8 nitrogen and oxygen atoms in total. The summed E-state index contributed by atoms with van der Waals surface area (Å²) in [6, 6.07) is 13.6. The largest absolute Gasteiger partial charge is 0.462 e. The van der Waals surface area contributed by atoms with Gasteiger partial charge < -0.3 is 18.9 Å². The molecule has 0 saturated heterocycles. The summed E-state index contributed by atoms with van der Waals surface area (Å²) in [5, 5.41) is 0. The Hall–Kier alpha value is -4.76. The first kappa shape index (κ1) is 42.7. The maximum atomic E-state index is 13.2. The van der Waals surface area contributed by atoms with Crippen LogP contribution < -0.4 is 0 Å². The van der Waals surface area contributed by atoms with Crippen LogP contribution in [0.2, 0.25) is 0 Å². The number of hydrogen-bond acceptors (Lipinski definition) is 9. The number of esters is 4. The highest BCUT2D eigenvalue weighted by atomic mass is 32.1. The first-order valence-corrected chi connectivity index (χ1v) is 19.5. The normalized spacial score (nSPS) is 10.7. The summed E-state index contributed by atoms with van der Waals surface area (Å²) in [5.41, 5.74) is 2.23. The topological polar surface area (TPSA) is 105 Å². The van der Waals surface area contributed by atoms with Crippen molar-refractivity contribution in [2.75, 3.05) is 26.4 Å². The molecule has 1 aromatic heterocycles. The van der Waals surface area contributed by atoms with Crippen LogP contribution in [0.5, 0.6) is 0 Å². The molecule has 0 atom stereocenters. The zero-order valence-electron chi connectivity index (χ0n) is 31.2. The van der Waals surface area contributed by atoms with E-state index in [1.807, 2.05) is 30.4 Å². The van der Waals surface area contributed by atoms with Crippen molar-refractivity contribution in [2.45, 2.75) is 90.4 Å². The predicted molar refractivity (Wildman–Crippen MR) is 213 cm³/mol. The molecule has 0 aliphatic rings. The van der Waals surface area contributed by atoms with Crippen LogP contribution in [-0.4, -0.2) is 50.3 Å². The Bertz CT molecular complexity index is 1620. The molecule has 3 rings (SSSR count). The van der Waals surface area contributed by atoms with Crippen molar-refractivity contribution in [1.29, 1.82) is 0 Å². The quantitative estimate of drug-likeness (QED) is 0.0346. The number of benzene rings is 2. The maximum Gasteiger partial charge on any atom is 0.338 e. The molecule has 53 heavy (non-hydrogen) atoms. The Morgan fingerprint density at radius 3 is 1.11 bits per heavy atom. The highest BCUT2D eigenvalue weighted by Gasteiger charge is 2.20. The second-order valence-electron chi connectivity index (χ2n) is 12.7. The Kier molecular flexibility index (Phi) is 19.7. The van der Waals surface area contributed by atoms with Gasteiger partial charge in [-0.05, 0) is 124 Å². The molecule has 0 bridgehead atoms. The molecule has 3 aromatic rings. The van der Waals surface area contributed by atoms with Gasteiger partial charge in [-0.2, -0.15) is 0 Å². The van der Waals surface area contributed by atoms with E-state index < -0.39 is 23.9 Å². The minimum Gasteiger partial charge on any atom is -0.462 e. The highest BCUT2D eigenvalue weighted by Crippen LogP contribution is 2.36. The summed E-state index contributed by atoms with van der Waals surface area (Å²) in [5.74, 6) is -2.10. The lowest BCUT2D eigenvalue weighted by atomic mass is 10.0. The molecule has 9 heteroatoms. The average Bonchev–Trinajstić information content (AvgIpc) is 3.68. The van der Waals surface area contributed by atoms with Crippen molar-refractivity contribution >= 4 is 35.2 Å². The van der Waals surface area contributed by atoms with E-state index in [1.54, 1.807) is 24.3 Å². The second kappa shape index (κ2) is 24.5. The van der Waals surface area contributed by atoms with Gasteiger partial charge in [-0.1, -0.05) is 44.4 Å². The molecule has 0 saturated carbocycles. The summed E-state index contributed by atoms with van der Waals surface area (Å²) in [6.07, 6.45) is 16.5. The zero-order valence-corrected chi connectivity index (χ0v) is 32.0. The van der Waals surface area contributed by atoms with E-state index in [1.165, 1.54) is 23.5 Å². The van der Waals surface area contributed by atoms with Crippen molar-refractivity contribution in [3.8, 4) is 20.9 Å². The number of thiophene rings is 1. The molecule has 0 radical (unpaired) electrons. The van der Waals surface area contributed by atoms with E-state index in [-0.39, 0.29) is 42.1 Å². The van der Waals surface area contributed by atoms with E-state index in [0.717, 1.165) is 74.0 Å². The minimum absolute atomic E-state index is 0.238. The fraction of sp³-hybridized carbons (Fsp3) is 0.409. The molecule has 2 aromatic carbocycles. The van der Waals surface area contributed by atoms with E-state index in [9.17, 15) is 19.2 Å². The van der Waals surface area contributed by atoms with Crippen LogP contribution >= 0.6 is 11.3 Å². The molecule has 1 heterocycles. The van der Waals surface area contributed by atoms with E-state index in [0.29, 0.717) is 37.0 Å². The number of allylic oxidation sites excluding steroid dienone is 3. The van der Waals surface area contributed by atoms with Crippen molar-refractivity contribution in [3.63, 3.8) is 0 Å². The monoisotopic (exact) mass is 742 g/mol. The Balaban J connectivity index is 1.93. The zero-order chi connectivity index (χ0) is 38.3. The van der Waals surface area contributed by atoms with Crippen molar-refractivity contribution in [2.24, 2.45) is 0 Å². The van der Waals surface area contributed by atoms with Crippen LogP contribution in [0.4, 0.5) is 0 Å². The molecule has 0 unspecified atom stereocenters. The fourth-order valence-corrected chi connectivity index (χ4v) is 6.33. The molecule has 0 N–H and O–H groups in total. The number of ether oxygens (including phenoxy) is 4. The SMILES string of the molecule is C=CCCCCOC(=O)c1cc(C(=O)OCCCCC=C)cc(-c2ccc(-c3cc(C(=O)OCCCCC=C)cc(C(=O)OCCCCCC)c3)s2)c1. The molecular weight excluding hydrogens is 689 g/mol. The van der Waals surface area contributed by atoms with Gasteiger partial charge in [0.05, 0.1) is 48.7 Å². The third-order valence-electron chi connectivity index (χ3n) is 8.32. The molecule has 0 spiro atoms. The lowest BCUT2D eigenvalue weighted by molar-refractivity contribution is 0.0478. The summed E-state index contributed by atoms with van der Waals surface area (Å²) in [4.78, 5) is 54.2. The summed E-state index contributed by atoms with van der Waals surface area (Å²) >= 11 is 1.39. The number of unbranched alkanes of at least 4 members (excludes halogenated alkanes) is 9. The van der Waals surface area contributed by atoms with Gasteiger partial charge in [-0.3, -0.25) is 0 Å². The Morgan fingerprint density at radius 1 is 0.491 bits per heavy atom. The minimum atomic E-state index is -0.532. The number of carbonyl (C=O) groups excluding carboxylic acids is 4. The number of hydrogen-bond donors (Lipinski definition) is 0. The van der Waals surface area contributed by atoms with Crippen molar-refractivity contribution in [1.82, 2.24) is 0 Å². The summed E-state index contributed by atoms with van der Waals surface area (Å²) in [6.45, 7) is 14.3. The number of rotatable bonds is 26. The lowest BCUT2D eigenvalue weighted by Gasteiger charge is -2.11. The third kappa shape index (κ3) is 15.0. The summed E-state index contributed by atoms with van der Waals surface area (Å²) in [7, 11) is 0. The van der Waals surface area contributed by atoms with Crippen molar-refractivity contribution < 1.29 is 38.1 Å². The molecular formula is C44H54O8S. The predicted octanol–water partition coefficient (Wildman–Crippen LogP) is 11.4. The van der Waals surface area contributed by atoms with Crippen LogP contribution in [0.15, 0.2) is 86.5 Å². The average molecular weight is 743 g/mol. The standard InChI is InChI=1S/C44H54O8S/c1-5-9-13-17-23-49-41(45)35-27-33(28-36(31-35)42(46)50-24-18-14-10-6-2)39-21-22-40(53-39)34-29-37(43(47)51-25-19-15-11-7-3)32-38(30-34)44(48)52-26-20-16-12-8-4/h5-7,21-22,27-32H,1-3,8-20,23-26H2,4H3. The maximum absolute atomic E-state index is 13.2. The Labute approximate surface area is 318 Å². The fourth-order valence-electron chi connectivity index (χ4n) is 5.35. The van der Waals surface area contributed by atoms with Gasteiger partial charge in [0.1, 0.15) is 0 Å². The summed E-state index contributed by atoms with van der Waals surface area (Å²) < 4.78 is 22.2. The molecule has 0 aliphatic carbocycles. The van der Waals surface area contributed by atoms with Crippen LogP contribution in [0.3, 0.4) is 0 Å². The van der Waals surface area contributed by atoms with Crippen LogP contribution in [0.1, 0.15) is 132 Å². The van der Waals surface area contributed by atoms with Gasteiger partial charge in [-0.15, -0.1) is 31.1 Å². The van der Waals surface area contributed by atoms with E-state index in [2.05, 4.69) is 26.7 Å². The van der Waals surface area contributed by atoms with Gasteiger partial charge in [0.2, 0.25) is 0 Å². The highest BCUT2D eigenvalue weighted by molar-refractivity contribution is 7.18. The van der Waals surface area contributed by atoms with E-state index in [4.69, 9.17) is 18.9 Å². The van der Waals surface area contributed by atoms with E-state index >= 15 is 0 Å². The molecule has 0 amide bonds. The molecule has 284 valence electrons. The van der Waals surface area contributed by atoms with Gasteiger partial charge in [-0.25, -0.2) is 19.2 Å². The van der Waals surface area contributed by atoms with Crippen LogP contribution in [0.25, 0.3) is 20.9 Å². The Morgan fingerprint density at radius 2 is 0.811 bits per heavy atom. The van der Waals surface area contributed by atoms with Gasteiger partial charge in [0, 0.05) is 9.75 Å². The van der Waals surface area contributed by atoms with Crippen LogP contribution in [0, 0.1) is 0 Å². The molecule has 0 aliphatic heterocycles. The van der Waals surface area contributed by atoms with Gasteiger partial charge in [0.25, 0.3) is 0 Å². The smallest absolute Gasteiger partial charge is 0.338 e.